The molecule has 0 aliphatic heterocycles. The second-order valence-corrected chi connectivity index (χ2v) is 6.23. The normalized spacial score (nSPS) is 38.4. The maximum atomic E-state index is 9.32. The van der Waals surface area contributed by atoms with Gasteiger partial charge in [0.25, 0.3) is 0 Å². The summed E-state index contributed by atoms with van der Waals surface area (Å²) in [4.78, 5) is 0. The quantitative estimate of drug-likeness (QED) is 0.727. The third-order valence-corrected chi connectivity index (χ3v) is 5.32. The Balaban J connectivity index is 2.06. The van der Waals surface area contributed by atoms with E-state index in [0.29, 0.717) is 17.8 Å². The maximum Gasteiger partial charge on any atom is 0.0658 e. The van der Waals surface area contributed by atoms with Crippen LogP contribution in [0.4, 0.5) is 0 Å². The van der Waals surface area contributed by atoms with Gasteiger partial charge in [-0.2, -0.15) is 10.5 Å². The van der Waals surface area contributed by atoms with E-state index >= 15 is 0 Å². The predicted octanol–water partition coefficient (Wildman–Crippen LogP) is 4.28. The van der Waals surface area contributed by atoms with Crippen LogP contribution in [0.15, 0.2) is 0 Å². The molecule has 0 aromatic rings. The van der Waals surface area contributed by atoms with Gasteiger partial charge in [-0.25, -0.2) is 0 Å². The van der Waals surface area contributed by atoms with Crippen LogP contribution in [0.25, 0.3) is 0 Å². The van der Waals surface area contributed by atoms with E-state index in [4.69, 9.17) is 0 Å². The van der Waals surface area contributed by atoms with Gasteiger partial charge in [-0.1, -0.05) is 32.6 Å². The molecule has 2 aliphatic carbocycles. The summed E-state index contributed by atoms with van der Waals surface area (Å²) in [5, 5.41) is 18.6. The summed E-state index contributed by atoms with van der Waals surface area (Å²) in [6, 6.07) is 5.05. The van der Waals surface area contributed by atoms with Gasteiger partial charge >= 0.3 is 0 Å². The second-order valence-electron chi connectivity index (χ2n) is 6.23. The molecule has 0 spiro atoms. The van der Waals surface area contributed by atoms with Gasteiger partial charge in [0.2, 0.25) is 0 Å². The van der Waals surface area contributed by atoms with E-state index in [0.717, 1.165) is 12.8 Å². The highest BCUT2D eigenvalue weighted by atomic mass is 14.4. The molecular weight excluding hydrogens is 220 g/mol. The lowest BCUT2D eigenvalue weighted by Crippen LogP contribution is -2.34. The fourth-order valence-electron chi connectivity index (χ4n) is 4.22. The van der Waals surface area contributed by atoms with Crippen molar-refractivity contribution in [1.29, 1.82) is 10.5 Å². The molecular formula is C16H24N2. The SMILES string of the molecule is CC(C1CCCCC1C#N)C1CCCCC1C#N. The Morgan fingerprint density at radius 3 is 1.56 bits per heavy atom. The molecule has 0 aromatic heterocycles. The number of nitriles is 2. The summed E-state index contributed by atoms with van der Waals surface area (Å²) in [6.07, 6.45) is 9.54. The number of hydrogen-bond acceptors (Lipinski definition) is 2. The molecule has 18 heavy (non-hydrogen) atoms. The number of nitrogens with zero attached hydrogens (tertiary/aromatic N) is 2. The topological polar surface area (TPSA) is 47.6 Å². The number of hydrogen-bond donors (Lipinski definition) is 0. The van der Waals surface area contributed by atoms with E-state index < -0.39 is 0 Å². The van der Waals surface area contributed by atoms with Crippen molar-refractivity contribution >= 4 is 0 Å². The van der Waals surface area contributed by atoms with Crippen LogP contribution in [0.3, 0.4) is 0 Å². The summed E-state index contributed by atoms with van der Waals surface area (Å²) < 4.78 is 0. The van der Waals surface area contributed by atoms with Crippen LogP contribution in [0.2, 0.25) is 0 Å². The van der Waals surface area contributed by atoms with E-state index in [9.17, 15) is 10.5 Å². The lowest BCUT2D eigenvalue weighted by Gasteiger charge is -2.39. The molecule has 0 aromatic carbocycles. The molecule has 0 heterocycles. The minimum Gasteiger partial charge on any atom is -0.198 e. The summed E-state index contributed by atoms with van der Waals surface area (Å²) in [5.74, 6) is 2.13. The Kier molecular flexibility index (Phi) is 4.65. The molecule has 2 rings (SSSR count). The first-order valence-corrected chi connectivity index (χ1v) is 7.57. The van der Waals surface area contributed by atoms with E-state index in [2.05, 4.69) is 19.1 Å². The molecule has 2 saturated carbocycles. The Labute approximate surface area is 111 Å². The monoisotopic (exact) mass is 244 g/mol. The maximum absolute atomic E-state index is 9.32. The zero-order chi connectivity index (χ0) is 13.0. The Morgan fingerprint density at radius 2 is 1.17 bits per heavy atom. The van der Waals surface area contributed by atoms with Gasteiger partial charge in [0.1, 0.15) is 0 Å². The number of rotatable bonds is 2. The molecule has 98 valence electrons. The van der Waals surface area contributed by atoms with E-state index in [1.807, 2.05) is 0 Å². The summed E-state index contributed by atoms with van der Waals surface area (Å²) in [7, 11) is 0. The Hall–Kier alpha value is -1.02. The lowest BCUT2D eigenvalue weighted by molar-refractivity contribution is 0.108. The first kappa shape index (κ1) is 13.4. The van der Waals surface area contributed by atoms with E-state index in [1.54, 1.807) is 0 Å². The minimum atomic E-state index is 0.245. The second kappa shape index (κ2) is 6.24. The highest BCUT2D eigenvalue weighted by molar-refractivity contribution is 4.98. The molecule has 0 saturated heterocycles. The van der Waals surface area contributed by atoms with Crippen molar-refractivity contribution in [3.05, 3.63) is 0 Å². The standard InChI is InChI=1S/C16H24N2/c1-12(15-8-4-2-6-13(15)10-17)16-9-5-3-7-14(16)11-18/h12-16H,2-9H2,1H3. The van der Waals surface area contributed by atoms with Crippen molar-refractivity contribution in [3.8, 4) is 12.1 Å². The van der Waals surface area contributed by atoms with Crippen molar-refractivity contribution in [2.45, 2.75) is 58.3 Å². The first-order valence-electron chi connectivity index (χ1n) is 7.57. The van der Waals surface area contributed by atoms with Gasteiger partial charge in [0.15, 0.2) is 0 Å². The summed E-state index contributed by atoms with van der Waals surface area (Å²) in [6.45, 7) is 2.31. The van der Waals surface area contributed by atoms with Crippen molar-refractivity contribution in [2.24, 2.45) is 29.6 Å². The molecule has 0 bridgehead atoms. The van der Waals surface area contributed by atoms with Gasteiger partial charge < -0.3 is 0 Å². The van der Waals surface area contributed by atoms with Gasteiger partial charge in [-0.3, -0.25) is 0 Å². The molecule has 0 amide bonds. The molecule has 2 heteroatoms. The molecule has 4 unspecified atom stereocenters. The van der Waals surface area contributed by atoms with Crippen molar-refractivity contribution in [3.63, 3.8) is 0 Å². The van der Waals surface area contributed by atoms with Crippen molar-refractivity contribution in [2.75, 3.05) is 0 Å². The zero-order valence-electron chi connectivity index (χ0n) is 11.4. The van der Waals surface area contributed by atoms with Crippen LogP contribution < -0.4 is 0 Å². The zero-order valence-corrected chi connectivity index (χ0v) is 11.4. The van der Waals surface area contributed by atoms with Gasteiger partial charge in [0, 0.05) is 11.8 Å². The van der Waals surface area contributed by atoms with Crippen LogP contribution in [0.1, 0.15) is 58.3 Å². The highest BCUT2D eigenvalue weighted by Gasteiger charge is 2.37. The summed E-state index contributed by atoms with van der Waals surface area (Å²) in [5.41, 5.74) is 0. The third-order valence-electron chi connectivity index (χ3n) is 5.32. The van der Waals surface area contributed by atoms with Crippen LogP contribution >= 0.6 is 0 Å². The summed E-state index contributed by atoms with van der Waals surface area (Å²) >= 11 is 0. The fraction of sp³-hybridized carbons (Fsp3) is 0.875. The average Bonchev–Trinajstić information content (AvgIpc) is 2.46. The molecule has 0 radical (unpaired) electrons. The average molecular weight is 244 g/mol. The molecule has 0 N–H and O–H groups in total. The molecule has 4 atom stereocenters. The largest absolute Gasteiger partial charge is 0.198 e. The molecule has 2 nitrogen and oxygen atoms in total. The van der Waals surface area contributed by atoms with Crippen LogP contribution in [-0.2, 0) is 0 Å². The van der Waals surface area contributed by atoms with Crippen molar-refractivity contribution in [1.82, 2.24) is 0 Å². The van der Waals surface area contributed by atoms with Crippen LogP contribution in [0, 0.1) is 52.3 Å². The smallest absolute Gasteiger partial charge is 0.0658 e. The predicted molar refractivity (Wildman–Crippen MR) is 71.3 cm³/mol. The van der Waals surface area contributed by atoms with Gasteiger partial charge in [-0.15, -0.1) is 0 Å². The van der Waals surface area contributed by atoms with E-state index in [-0.39, 0.29) is 11.8 Å². The Bertz CT molecular complexity index is 315. The third kappa shape index (κ3) is 2.69. The lowest BCUT2D eigenvalue weighted by atomic mass is 9.64. The van der Waals surface area contributed by atoms with E-state index in [1.165, 1.54) is 38.5 Å². The molecule has 2 aliphatic rings. The minimum absolute atomic E-state index is 0.245. The van der Waals surface area contributed by atoms with Crippen LogP contribution in [-0.4, -0.2) is 0 Å². The van der Waals surface area contributed by atoms with Gasteiger partial charge in [0.05, 0.1) is 12.1 Å². The van der Waals surface area contributed by atoms with Crippen molar-refractivity contribution < 1.29 is 0 Å². The van der Waals surface area contributed by atoms with Crippen LogP contribution in [0.5, 0.6) is 0 Å². The fourth-order valence-corrected chi connectivity index (χ4v) is 4.22. The Morgan fingerprint density at radius 1 is 0.778 bits per heavy atom. The first-order chi connectivity index (χ1) is 8.77. The molecule has 2 fully saturated rings. The van der Waals surface area contributed by atoms with Gasteiger partial charge in [-0.05, 0) is 43.4 Å². The highest BCUT2D eigenvalue weighted by Crippen LogP contribution is 2.44.